The fourth-order valence-corrected chi connectivity index (χ4v) is 2.77. The Morgan fingerprint density at radius 2 is 1.69 bits per heavy atom. The van der Waals surface area contributed by atoms with Gasteiger partial charge in [0.1, 0.15) is 18.1 Å². The van der Waals surface area contributed by atoms with Gasteiger partial charge in [0.15, 0.2) is 0 Å². The number of carbonyl (C=O) groups is 1. The van der Waals surface area contributed by atoms with E-state index >= 15 is 0 Å². The maximum Gasteiger partial charge on any atom is 0.259 e. The molecule has 0 spiro atoms. The maximum absolute atomic E-state index is 12.7. The van der Waals surface area contributed by atoms with Crippen LogP contribution in [-0.2, 0) is 6.42 Å². The van der Waals surface area contributed by atoms with E-state index in [1.165, 1.54) is 5.56 Å². The van der Waals surface area contributed by atoms with Crippen LogP contribution in [0, 0.1) is 0 Å². The summed E-state index contributed by atoms with van der Waals surface area (Å²) < 4.78 is 11.5. The number of carbonyl (C=O) groups excluding carboxylic acids is 1. The number of nitrogens with one attached hydrogen (secondary N) is 1. The Morgan fingerprint density at radius 1 is 0.931 bits per heavy atom. The van der Waals surface area contributed by atoms with Crippen molar-refractivity contribution in [3.05, 3.63) is 102 Å². The fourth-order valence-electron chi connectivity index (χ4n) is 2.77. The summed E-state index contributed by atoms with van der Waals surface area (Å²) in [6, 6.07) is 24.7. The van der Waals surface area contributed by atoms with Gasteiger partial charge in [-0.15, -0.1) is 0 Å². The highest BCUT2D eigenvalue weighted by Crippen LogP contribution is 2.22. The largest absolute Gasteiger partial charge is 0.493 e. The third-order valence-corrected chi connectivity index (χ3v) is 4.20. The van der Waals surface area contributed by atoms with Gasteiger partial charge in [-0.2, -0.15) is 0 Å². The van der Waals surface area contributed by atoms with E-state index in [1.807, 2.05) is 61.5 Å². The lowest BCUT2D eigenvalue weighted by Crippen LogP contribution is -2.14. The molecule has 1 amide bonds. The molecule has 1 N–H and O–H groups in total. The van der Waals surface area contributed by atoms with Crippen LogP contribution in [-0.4, -0.2) is 19.1 Å². The SMILES string of the molecule is C=C(C)COc1ccccc1C(=O)Nc1cccc(OCCc2ccccc2)c1. The van der Waals surface area contributed by atoms with Gasteiger partial charge in [0.05, 0.1) is 12.2 Å². The van der Waals surface area contributed by atoms with Crippen molar-refractivity contribution < 1.29 is 14.3 Å². The first-order valence-corrected chi connectivity index (χ1v) is 9.56. The van der Waals surface area contributed by atoms with Crippen molar-refractivity contribution >= 4 is 11.6 Å². The first-order chi connectivity index (χ1) is 14.1. The van der Waals surface area contributed by atoms with E-state index in [0.717, 1.165) is 12.0 Å². The Balaban J connectivity index is 1.61. The highest BCUT2D eigenvalue weighted by atomic mass is 16.5. The van der Waals surface area contributed by atoms with Crippen molar-refractivity contribution in [3.63, 3.8) is 0 Å². The van der Waals surface area contributed by atoms with Crippen molar-refractivity contribution in [1.82, 2.24) is 0 Å². The lowest BCUT2D eigenvalue weighted by Gasteiger charge is -2.12. The molecule has 0 aliphatic rings. The number of ether oxygens (including phenoxy) is 2. The van der Waals surface area contributed by atoms with Gasteiger partial charge in [0.25, 0.3) is 5.91 Å². The van der Waals surface area contributed by atoms with E-state index in [0.29, 0.717) is 36.0 Å². The lowest BCUT2D eigenvalue weighted by atomic mass is 10.1. The number of benzene rings is 3. The minimum atomic E-state index is -0.233. The van der Waals surface area contributed by atoms with Crippen molar-refractivity contribution in [2.75, 3.05) is 18.5 Å². The van der Waals surface area contributed by atoms with Gasteiger partial charge in [-0.05, 0) is 42.3 Å². The topological polar surface area (TPSA) is 47.6 Å². The molecule has 3 aromatic rings. The molecule has 4 nitrogen and oxygen atoms in total. The third-order valence-electron chi connectivity index (χ3n) is 4.20. The van der Waals surface area contributed by atoms with Crippen LogP contribution in [0.3, 0.4) is 0 Å². The summed E-state index contributed by atoms with van der Waals surface area (Å²) in [6.07, 6.45) is 0.824. The minimum absolute atomic E-state index is 0.233. The van der Waals surface area contributed by atoms with Gasteiger partial charge in [0, 0.05) is 18.2 Å². The molecule has 0 bridgehead atoms. The Morgan fingerprint density at radius 3 is 2.48 bits per heavy atom. The molecule has 0 aliphatic heterocycles. The second kappa shape index (κ2) is 10.1. The highest BCUT2D eigenvalue weighted by Gasteiger charge is 2.13. The molecule has 4 heteroatoms. The van der Waals surface area contributed by atoms with Gasteiger partial charge in [-0.1, -0.05) is 55.1 Å². The average Bonchev–Trinajstić information content (AvgIpc) is 2.73. The fraction of sp³-hybridized carbons (Fsp3) is 0.160. The number of rotatable bonds is 9. The van der Waals surface area contributed by atoms with Crippen LogP contribution in [0.2, 0.25) is 0 Å². The van der Waals surface area contributed by atoms with Crippen LogP contribution < -0.4 is 14.8 Å². The van der Waals surface area contributed by atoms with Crippen LogP contribution >= 0.6 is 0 Å². The number of hydrogen-bond acceptors (Lipinski definition) is 3. The Hall–Kier alpha value is -3.53. The van der Waals surface area contributed by atoms with Crippen molar-refractivity contribution in [1.29, 1.82) is 0 Å². The predicted octanol–water partition coefficient (Wildman–Crippen LogP) is 5.52. The Kier molecular flexibility index (Phi) is 7.06. The van der Waals surface area contributed by atoms with Gasteiger partial charge >= 0.3 is 0 Å². The predicted molar refractivity (Wildman–Crippen MR) is 117 cm³/mol. The third kappa shape index (κ3) is 6.25. The smallest absolute Gasteiger partial charge is 0.259 e. The second-order valence-corrected chi connectivity index (χ2v) is 6.81. The van der Waals surface area contributed by atoms with E-state index in [4.69, 9.17) is 9.47 Å². The van der Waals surface area contributed by atoms with Crippen molar-refractivity contribution in [3.8, 4) is 11.5 Å². The molecule has 0 atom stereocenters. The lowest BCUT2D eigenvalue weighted by molar-refractivity contribution is 0.102. The zero-order valence-electron chi connectivity index (χ0n) is 16.6. The molecule has 3 aromatic carbocycles. The normalized spacial score (nSPS) is 10.2. The molecule has 29 heavy (non-hydrogen) atoms. The number of amides is 1. The molecule has 0 saturated heterocycles. The summed E-state index contributed by atoms with van der Waals surface area (Å²) in [4.78, 5) is 12.7. The highest BCUT2D eigenvalue weighted by molar-refractivity contribution is 6.06. The van der Waals surface area contributed by atoms with Crippen LogP contribution in [0.4, 0.5) is 5.69 Å². The summed E-state index contributed by atoms with van der Waals surface area (Å²) in [5, 5.41) is 2.91. The van der Waals surface area contributed by atoms with Crippen LogP contribution in [0.1, 0.15) is 22.8 Å². The van der Waals surface area contributed by atoms with Crippen molar-refractivity contribution in [2.24, 2.45) is 0 Å². The standard InChI is InChI=1S/C25H25NO3/c1-19(2)18-29-24-14-7-6-13-23(24)25(27)26-21-11-8-12-22(17-21)28-16-15-20-9-4-3-5-10-20/h3-14,17H,1,15-16,18H2,2H3,(H,26,27). The van der Waals surface area contributed by atoms with Crippen molar-refractivity contribution in [2.45, 2.75) is 13.3 Å². The van der Waals surface area contributed by atoms with Gasteiger partial charge in [0.2, 0.25) is 0 Å². The molecule has 0 aliphatic carbocycles. The van der Waals surface area contributed by atoms with Gasteiger partial charge in [-0.3, -0.25) is 4.79 Å². The molecule has 0 saturated carbocycles. The van der Waals surface area contributed by atoms with E-state index in [2.05, 4.69) is 24.0 Å². The summed E-state index contributed by atoms with van der Waals surface area (Å²) in [5.41, 5.74) is 3.26. The number of hydrogen-bond donors (Lipinski definition) is 1. The van der Waals surface area contributed by atoms with E-state index in [-0.39, 0.29) is 5.91 Å². The van der Waals surface area contributed by atoms with E-state index in [1.54, 1.807) is 12.1 Å². The average molecular weight is 387 g/mol. The first kappa shape index (κ1) is 20.2. The molecule has 0 heterocycles. The Bertz CT molecular complexity index is 967. The number of anilines is 1. The van der Waals surface area contributed by atoms with Gasteiger partial charge in [-0.25, -0.2) is 0 Å². The van der Waals surface area contributed by atoms with Crippen LogP contribution in [0.25, 0.3) is 0 Å². The second-order valence-electron chi connectivity index (χ2n) is 6.81. The summed E-state index contributed by atoms with van der Waals surface area (Å²) in [7, 11) is 0. The summed E-state index contributed by atoms with van der Waals surface area (Å²) >= 11 is 0. The summed E-state index contributed by atoms with van der Waals surface area (Å²) in [6.45, 7) is 6.65. The number of para-hydroxylation sites is 1. The molecule has 0 unspecified atom stereocenters. The monoisotopic (exact) mass is 387 g/mol. The molecule has 0 radical (unpaired) electrons. The summed E-state index contributed by atoms with van der Waals surface area (Å²) in [5.74, 6) is 1.01. The zero-order valence-corrected chi connectivity index (χ0v) is 16.6. The molecular weight excluding hydrogens is 362 g/mol. The van der Waals surface area contributed by atoms with E-state index in [9.17, 15) is 4.79 Å². The van der Waals surface area contributed by atoms with E-state index < -0.39 is 0 Å². The zero-order chi connectivity index (χ0) is 20.5. The first-order valence-electron chi connectivity index (χ1n) is 9.56. The van der Waals surface area contributed by atoms with Gasteiger partial charge < -0.3 is 14.8 Å². The molecular formula is C25H25NO3. The molecule has 0 aromatic heterocycles. The Labute approximate surface area is 171 Å². The van der Waals surface area contributed by atoms with Crippen LogP contribution in [0.5, 0.6) is 11.5 Å². The molecule has 3 rings (SSSR count). The molecule has 148 valence electrons. The minimum Gasteiger partial charge on any atom is -0.493 e. The maximum atomic E-state index is 12.7. The van der Waals surface area contributed by atoms with Crippen LogP contribution in [0.15, 0.2) is 91.0 Å². The molecule has 0 fully saturated rings. The quantitative estimate of drug-likeness (QED) is 0.492.